The van der Waals surface area contributed by atoms with Gasteiger partial charge in [0.2, 0.25) is 0 Å². The van der Waals surface area contributed by atoms with Gasteiger partial charge in [-0.05, 0) is 50.5 Å². The van der Waals surface area contributed by atoms with Crippen LogP contribution in [0.15, 0.2) is 48.8 Å². The topological polar surface area (TPSA) is 42.4 Å². The summed E-state index contributed by atoms with van der Waals surface area (Å²) in [6, 6.07) is 11.6. The third-order valence-corrected chi connectivity index (χ3v) is 3.10. The molecular weight excluding hydrogens is 250 g/mol. The van der Waals surface area contributed by atoms with E-state index in [9.17, 15) is 5.11 Å². The largest absolute Gasteiger partial charge is 0.491 e. The minimum Gasteiger partial charge on any atom is -0.491 e. The van der Waals surface area contributed by atoms with E-state index in [0.29, 0.717) is 6.42 Å². The van der Waals surface area contributed by atoms with Crippen molar-refractivity contribution in [3.05, 3.63) is 59.9 Å². The second kappa shape index (κ2) is 7.06. The predicted octanol–water partition coefficient (Wildman–Crippen LogP) is 3.54. The molecule has 2 aromatic rings. The Morgan fingerprint density at radius 2 is 1.80 bits per heavy atom. The highest BCUT2D eigenvalue weighted by Crippen LogP contribution is 2.28. The lowest BCUT2D eigenvalue weighted by Crippen LogP contribution is -2.09. The van der Waals surface area contributed by atoms with Crippen LogP contribution in [0, 0.1) is 0 Å². The van der Waals surface area contributed by atoms with Crippen LogP contribution in [0.2, 0.25) is 0 Å². The predicted molar refractivity (Wildman–Crippen MR) is 79.7 cm³/mol. The second-order valence-corrected chi connectivity index (χ2v) is 5.11. The van der Waals surface area contributed by atoms with Gasteiger partial charge >= 0.3 is 0 Å². The number of benzene rings is 1. The van der Waals surface area contributed by atoms with E-state index < -0.39 is 6.10 Å². The van der Waals surface area contributed by atoms with Crippen LogP contribution >= 0.6 is 0 Å². The minimum atomic E-state index is -0.516. The van der Waals surface area contributed by atoms with Gasteiger partial charge in [-0.25, -0.2) is 0 Å². The first-order valence-electron chi connectivity index (χ1n) is 6.99. The lowest BCUT2D eigenvalue weighted by molar-refractivity contribution is 0.157. The fourth-order valence-corrected chi connectivity index (χ4v) is 2.13. The summed E-state index contributed by atoms with van der Waals surface area (Å²) >= 11 is 0. The zero-order valence-electron chi connectivity index (χ0n) is 12.0. The summed E-state index contributed by atoms with van der Waals surface area (Å²) in [5, 5.41) is 10.4. The Hall–Kier alpha value is -1.87. The number of aliphatic hydroxyl groups excluding tert-OH is 1. The lowest BCUT2D eigenvalue weighted by Gasteiger charge is -2.18. The molecule has 20 heavy (non-hydrogen) atoms. The molecular formula is C17H21NO2. The molecule has 0 spiro atoms. The minimum absolute atomic E-state index is 0.101. The molecule has 1 aromatic heterocycles. The summed E-state index contributed by atoms with van der Waals surface area (Å²) in [6.45, 7) is 3.97. The molecule has 1 N–H and O–H groups in total. The SMILES string of the molecule is CC(C)Oc1ccccc1C(O)CCc1ccncc1. The molecule has 3 heteroatoms. The van der Waals surface area contributed by atoms with Crippen LogP contribution in [0.4, 0.5) is 0 Å². The monoisotopic (exact) mass is 271 g/mol. The molecule has 0 aliphatic rings. The number of aryl methyl sites for hydroxylation is 1. The summed E-state index contributed by atoms with van der Waals surface area (Å²) in [5.74, 6) is 0.768. The van der Waals surface area contributed by atoms with E-state index >= 15 is 0 Å². The first kappa shape index (κ1) is 14.5. The Bertz CT molecular complexity index is 526. The third kappa shape index (κ3) is 4.07. The molecule has 1 heterocycles. The third-order valence-electron chi connectivity index (χ3n) is 3.10. The number of aromatic nitrogens is 1. The van der Waals surface area contributed by atoms with Crippen molar-refractivity contribution in [1.82, 2.24) is 4.98 Å². The van der Waals surface area contributed by atoms with E-state index in [1.807, 2.05) is 50.2 Å². The number of hydrogen-bond donors (Lipinski definition) is 1. The van der Waals surface area contributed by atoms with Gasteiger partial charge in [0.05, 0.1) is 12.2 Å². The number of pyridine rings is 1. The van der Waals surface area contributed by atoms with Crippen molar-refractivity contribution in [2.75, 3.05) is 0 Å². The standard InChI is InChI=1S/C17H21NO2/c1-13(2)20-17-6-4-3-5-15(17)16(19)8-7-14-9-11-18-12-10-14/h3-6,9-13,16,19H,7-8H2,1-2H3. The highest BCUT2D eigenvalue weighted by atomic mass is 16.5. The molecule has 1 unspecified atom stereocenters. The van der Waals surface area contributed by atoms with E-state index in [4.69, 9.17) is 4.74 Å². The molecule has 2 rings (SSSR count). The summed E-state index contributed by atoms with van der Waals surface area (Å²) in [5.41, 5.74) is 2.04. The van der Waals surface area contributed by atoms with Crippen LogP contribution < -0.4 is 4.74 Å². The van der Waals surface area contributed by atoms with Crippen molar-refractivity contribution in [3.8, 4) is 5.75 Å². The summed E-state index contributed by atoms with van der Waals surface area (Å²) < 4.78 is 5.75. The van der Waals surface area contributed by atoms with Gasteiger partial charge in [0, 0.05) is 18.0 Å². The average molecular weight is 271 g/mol. The van der Waals surface area contributed by atoms with Crippen LogP contribution in [0.5, 0.6) is 5.75 Å². The first-order valence-corrected chi connectivity index (χ1v) is 6.99. The zero-order chi connectivity index (χ0) is 14.4. The van der Waals surface area contributed by atoms with Crippen molar-refractivity contribution in [2.45, 2.75) is 38.9 Å². The first-order chi connectivity index (χ1) is 9.66. The van der Waals surface area contributed by atoms with Gasteiger partial charge in [-0.1, -0.05) is 18.2 Å². The molecule has 0 radical (unpaired) electrons. The molecule has 0 amide bonds. The van der Waals surface area contributed by atoms with Gasteiger partial charge < -0.3 is 9.84 Å². The van der Waals surface area contributed by atoms with Crippen LogP contribution in [0.1, 0.15) is 37.5 Å². The molecule has 0 aliphatic heterocycles. The summed E-state index contributed by atoms with van der Waals surface area (Å²) in [6.07, 6.45) is 4.62. The molecule has 0 bridgehead atoms. The second-order valence-electron chi connectivity index (χ2n) is 5.11. The van der Waals surface area contributed by atoms with Gasteiger partial charge in [0.25, 0.3) is 0 Å². The Labute approximate surface area is 120 Å². The van der Waals surface area contributed by atoms with Gasteiger partial charge in [-0.3, -0.25) is 4.98 Å². The Balaban J connectivity index is 2.03. The van der Waals surface area contributed by atoms with Crippen molar-refractivity contribution >= 4 is 0 Å². The Kier molecular flexibility index (Phi) is 5.13. The number of hydrogen-bond acceptors (Lipinski definition) is 3. The lowest BCUT2D eigenvalue weighted by atomic mass is 10.0. The van der Waals surface area contributed by atoms with Crippen LogP contribution in [0.3, 0.4) is 0 Å². The number of ether oxygens (including phenoxy) is 1. The Morgan fingerprint density at radius 1 is 1.10 bits per heavy atom. The molecule has 0 saturated heterocycles. The number of para-hydroxylation sites is 1. The van der Waals surface area contributed by atoms with Gasteiger partial charge in [0.1, 0.15) is 5.75 Å². The Morgan fingerprint density at radius 3 is 2.50 bits per heavy atom. The van der Waals surface area contributed by atoms with Gasteiger partial charge in [-0.2, -0.15) is 0 Å². The fourth-order valence-electron chi connectivity index (χ4n) is 2.13. The van der Waals surface area contributed by atoms with E-state index in [0.717, 1.165) is 17.7 Å². The number of aliphatic hydroxyl groups is 1. The van der Waals surface area contributed by atoms with Gasteiger partial charge in [-0.15, -0.1) is 0 Å². The quantitative estimate of drug-likeness (QED) is 0.874. The van der Waals surface area contributed by atoms with E-state index in [1.165, 1.54) is 5.56 Å². The molecule has 0 saturated carbocycles. The van der Waals surface area contributed by atoms with Crippen LogP contribution in [-0.2, 0) is 6.42 Å². The van der Waals surface area contributed by atoms with E-state index in [-0.39, 0.29) is 6.10 Å². The van der Waals surface area contributed by atoms with Crippen LogP contribution in [0.25, 0.3) is 0 Å². The molecule has 0 fully saturated rings. The van der Waals surface area contributed by atoms with Crippen molar-refractivity contribution in [1.29, 1.82) is 0 Å². The van der Waals surface area contributed by atoms with Gasteiger partial charge in [0.15, 0.2) is 0 Å². The summed E-state index contributed by atoms with van der Waals surface area (Å²) in [4.78, 5) is 3.99. The molecule has 3 nitrogen and oxygen atoms in total. The maximum Gasteiger partial charge on any atom is 0.125 e. The average Bonchev–Trinajstić information content (AvgIpc) is 2.46. The van der Waals surface area contributed by atoms with E-state index in [1.54, 1.807) is 12.4 Å². The van der Waals surface area contributed by atoms with Crippen LogP contribution in [-0.4, -0.2) is 16.2 Å². The molecule has 1 aromatic carbocycles. The van der Waals surface area contributed by atoms with E-state index in [2.05, 4.69) is 4.98 Å². The zero-order valence-corrected chi connectivity index (χ0v) is 12.0. The molecule has 106 valence electrons. The highest BCUT2D eigenvalue weighted by Gasteiger charge is 2.14. The number of nitrogens with zero attached hydrogens (tertiary/aromatic N) is 1. The number of rotatable bonds is 6. The maximum absolute atomic E-state index is 10.4. The highest BCUT2D eigenvalue weighted by molar-refractivity contribution is 5.35. The fraction of sp³-hybridized carbons (Fsp3) is 0.353. The van der Waals surface area contributed by atoms with Crippen molar-refractivity contribution < 1.29 is 9.84 Å². The molecule has 1 atom stereocenters. The van der Waals surface area contributed by atoms with Crippen molar-refractivity contribution in [3.63, 3.8) is 0 Å². The maximum atomic E-state index is 10.4. The summed E-state index contributed by atoms with van der Waals surface area (Å²) in [7, 11) is 0. The van der Waals surface area contributed by atoms with Crippen molar-refractivity contribution in [2.24, 2.45) is 0 Å². The smallest absolute Gasteiger partial charge is 0.125 e. The normalized spacial score (nSPS) is 12.4. The molecule has 0 aliphatic carbocycles.